The molecule has 2 saturated heterocycles. The number of hydrogen-bond acceptors (Lipinski definition) is 4. The second-order valence-electron chi connectivity index (χ2n) is 6.53. The number of benzene rings is 1. The van der Waals surface area contributed by atoms with E-state index in [-0.39, 0.29) is 18.0 Å². The van der Waals surface area contributed by atoms with Gasteiger partial charge in [0.1, 0.15) is 0 Å². The van der Waals surface area contributed by atoms with Crippen LogP contribution in [0.2, 0.25) is 0 Å². The van der Waals surface area contributed by atoms with Gasteiger partial charge in [-0.1, -0.05) is 18.2 Å². The molecular weight excluding hydrogens is 326 g/mol. The van der Waals surface area contributed by atoms with Crippen molar-refractivity contribution in [2.75, 3.05) is 0 Å². The lowest BCUT2D eigenvalue weighted by atomic mass is 10.0. The van der Waals surface area contributed by atoms with Gasteiger partial charge in [0.05, 0.1) is 16.4 Å². The monoisotopic (exact) mass is 345 g/mol. The molecule has 24 heavy (non-hydrogen) atoms. The molecule has 0 spiro atoms. The average Bonchev–Trinajstić information content (AvgIpc) is 3.21. The van der Waals surface area contributed by atoms with Gasteiger partial charge in [0.2, 0.25) is 0 Å². The Balaban J connectivity index is 1.58. The van der Waals surface area contributed by atoms with E-state index in [1.54, 1.807) is 36.4 Å². The summed E-state index contributed by atoms with van der Waals surface area (Å²) in [5.74, 6) is 0.208. The zero-order valence-corrected chi connectivity index (χ0v) is 14.0. The van der Waals surface area contributed by atoms with Crippen molar-refractivity contribution in [2.24, 2.45) is 0 Å². The van der Waals surface area contributed by atoms with Crippen molar-refractivity contribution >= 4 is 15.7 Å². The maximum Gasteiger partial charge on any atom is 0.290 e. The van der Waals surface area contributed by atoms with Crippen molar-refractivity contribution in [2.45, 2.75) is 47.9 Å². The minimum absolute atomic E-state index is 0.0233. The summed E-state index contributed by atoms with van der Waals surface area (Å²) in [5.41, 5.74) is 0. The number of amides is 1. The summed E-state index contributed by atoms with van der Waals surface area (Å²) in [4.78, 5) is 14.8. The lowest BCUT2D eigenvalue weighted by Crippen LogP contribution is -2.49. The van der Waals surface area contributed by atoms with Crippen LogP contribution in [0.3, 0.4) is 0 Å². The molecule has 3 heterocycles. The van der Waals surface area contributed by atoms with Crippen LogP contribution >= 0.6 is 0 Å². The zero-order chi connectivity index (χ0) is 16.7. The predicted octanol–water partition coefficient (Wildman–Crippen LogP) is 2.89. The van der Waals surface area contributed by atoms with E-state index in [0.29, 0.717) is 23.5 Å². The first-order valence-corrected chi connectivity index (χ1v) is 9.77. The van der Waals surface area contributed by atoms with Crippen LogP contribution in [0.4, 0.5) is 0 Å². The normalized spacial score (nSPS) is 26.5. The fourth-order valence-electron chi connectivity index (χ4n) is 4.04. The van der Waals surface area contributed by atoms with Crippen LogP contribution in [0.1, 0.15) is 36.2 Å². The van der Waals surface area contributed by atoms with Crippen molar-refractivity contribution < 1.29 is 17.6 Å². The summed E-state index contributed by atoms with van der Waals surface area (Å²) in [6, 6.07) is 11.9. The molecule has 4 rings (SSSR count). The second-order valence-corrected chi connectivity index (χ2v) is 8.75. The molecule has 6 heteroatoms. The lowest BCUT2D eigenvalue weighted by Gasteiger charge is -2.38. The molecule has 0 saturated carbocycles. The van der Waals surface area contributed by atoms with Crippen LogP contribution in [0.25, 0.3) is 0 Å². The number of rotatable bonds is 3. The Kier molecular flexibility index (Phi) is 3.72. The maximum absolute atomic E-state index is 12.9. The standard InChI is InChI=1S/C18H19NO4S/c20-18(17-7-4-10-23-17)19-13-8-9-14(19)12-16(11-13)24(21,22)15-5-2-1-3-6-15/h1-7,10,13-14,16H,8-9,11-12H2/t13-,14-/m1/s1. The Morgan fingerprint density at radius 1 is 1.00 bits per heavy atom. The highest BCUT2D eigenvalue weighted by atomic mass is 32.2. The third kappa shape index (κ3) is 2.45. The van der Waals surface area contributed by atoms with Crippen LogP contribution in [-0.2, 0) is 9.84 Å². The Labute approximate surface area is 141 Å². The highest BCUT2D eigenvalue weighted by Crippen LogP contribution is 2.40. The molecule has 2 aliphatic heterocycles. The summed E-state index contributed by atoms with van der Waals surface area (Å²) < 4.78 is 31.0. The molecule has 2 bridgehead atoms. The smallest absolute Gasteiger partial charge is 0.290 e. The third-order valence-electron chi connectivity index (χ3n) is 5.17. The fourth-order valence-corrected chi connectivity index (χ4v) is 5.91. The lowest BCUT2D eigenvalue weighted by molar-refractivity contribution is 0.0565. The molecule has 0 radical (unpaired) electrons. The summed E-state index contributed by atoms with van der Waals surface area (Å²) in [5, 5.41) is -0.418. The van der Waals surface area contributed by atoms with E-state index >= 15 is 0 Å². The molecule has 1 aromatic carbocycles. The van der Waals surface area contributed by atoms with Crippen LogP contribution in [0.5, 0.6) is 0 Å². The number of hydrogen-bond donors (Lipinski definition) is 0. The Morgan fingerprint density at radius 2 is 1.67 bits per heavy atom. The van der Waals surface area contributed by atoms with Gasteiger partial charge in [-0.05, 0) is 49.9 Å². The Morgan fingerprint density at radius 3 is 2.25 bits per heavy atom. The van der Waals surface area contributed by atoms with E-state index in [2.05, 4.69) is 0 Å². The minimum atomic E-state index is -3.35. The van der Waals surface area contributed by atoms with Crippen LogP contribution < -0.4 is 0 Å². The molecule has 0 aliphatic carbocycles. The molecule has 2 atom stereocenters. The molecule has 2 aliphatic rings. The van der Waals surface area contributed by atoms with Gasteiger partial charge in [-0.2, -0.15) is 0 Å². The number of piperidine rings is 1. The van der Waals surface area contributed by atoms with Crippen molar-refractivity contribution in [3.05, 3.63) is 54.5 Å². The van der Waals surface area contributed by atoms with E-state index < -0.39 is 15.1 Å². The summed E-state index contributed by atoms with van der Waals surface area (Å²) in [6.07, 6.45) is 4.21. The van der Waals surface area contributed by atoms with Gasteiger partial charge in [0.25, 0.3) is 5.91 Å². The van der Waals surface area contributed by atoms with Crippen molar-refractivity contribution in [1.82, 2.24) is 4.90 Å². The number of carbonyl (C=O) groups excluding carboxylic acids is 1. The van der Waals surface area contributed by atoms with E-state index in [9.17, 15) is 13.2 Å². The molecular formula is C18H19NO4S. The topological polar surface area (TPSA) is 67.6 Å². The average molecular weight is 345 g/mol. The van der Waals surface area contributed by atoms with Gasteiger partial charge in [-0.15, -0.1) is 0 Å². The highest BCUT2D eigenvalue weighted by Gasteiger charge is 2.47. The number of nitrogens with zero attached hydrogens (tertiary/aromatic N) is 1. The largest absolute Gasteiger partial charge is 0.459 e. The Hall–Kier alpha value is -2.08. The van der Waals surface area contributed by atoms with Crippen molar-refractivity contribution in [3.63, 3.8) is 0 Å². The first-order valence-electron chi connectivity index (χ1n) is 8.22. The van der Waals surface area contributed by atoms with Gasteiger partial charge < -0.3 is 9.32 Å². The van der Waals surface area contributed by atoms with E-state index in [4.69, 9.17) is 4.42 Å². The summed E-state index contributed by atoms with van der Waals surface area (Å²) >= 11 is 0. The first-order chi connectivity index (χ1) is 11.6. The van der Waals surface area contributed by atoms with Crippen molar-refractivity contribution in [3.8, 4) is 0 Å². The highest BCUT2D eigenvalue weighted by molar-refractivity contribution is 7.92. The van der Waals surface area contributed by atoms with Crippen LogP contribution in [0, 0.1) is 0 Å². The molecule has 126 valence electrons. The van der Waals surface area contributed by atoms with E-state index in [0.717, 1.165) is 12.8 Å². The van der Waals surface area contributed by atoms with Gasteiger partial charge in [-0.25, -0.2) is 8.42 Å². The Bertz CT molecular complexity index is 815. The number of furan rings is 1. The number of carbonyl (C=O) groups is 1. The van der Waals surface area contributed by atoms with Crippen molar-refractivity contribution in [1.29, 1.82) is 0 Å². The molecule has 1 aromatic heterocycles. The van der Waals surface area contributed by atoms with Gasteiger partial charge in [-0.3, -0.25) is 4.79 Å². The van der Waals surface area contributed by atoms with E-state index in [1.807, 2.05) is 11.0 Å². The molecule has 5 nitrogen and oxygen atoms in total. The SMILES string of the molecule is O=C(c1ccco1)N1[C@@H]2CC[C@@H]1CC(S(=O)(=O)c1ccccc1)C2. The quantitative estimate of drug-likeness (QED) is 0.858. The molecule has 2 aromatic rings. The maximum atomic E-state index is 12.9. The third-order valence-corrected chi connectivity index (χ3v) is 7.36. The fraction of sp³-hybridized carbons (Fsp3) is 0.389. The van der Waals surface area contributed by atoms with Crippen LogP contribution in [-0.4, -0.2) is 36.6 Å². The van der Waals surface area contributed by atoms with Gasteiger partial charge in [0, 0.05) is 12.1 Å². The minimum Gasteiger partial charge on any atom is -0.459 e. The zero-order valence-electron chi connectivity index (χ0n) is 13.2. The summed E-state index contributed by atoms with van der Waals surface area (Å²) in [6.45, 7) is 0. The number of sulfone groups is 1. The van der Waals surface area contributed by atoms with Gasteiger partial charge in [0.15, 0.2) is 15.6 Å². The van der Waals surface area contributed by atoms with E-state index in [1.165, 1.54) is 6.26 Å². The number of fused-ring (bicyclic) bond motifs is 2. The van der Waals surface area contributed by atoms with Gasteiger partial charge >= 0.3 is 0 Å². The second kappa shape index (κ2) is 5.77. The molecule has 2 fully saturated rings. The molecule has 1 amide bonds. The summed E-state index contributed by atoms with van der Waals surface area (Å²) in [7, 11) is -3.35. The molecule has 0 unspecified atom stereocenters. The van der Waals surface area contributed by atoms with Crippen LogP contribution in [0.15, 0.2) is 58.0 Å². The predicted molar refractivity (Wildman–Crippen MR) is 88.3 cm³/mol. The first kappa shape index (κ1) is 15.4. The molecule has 0 N–H and O–H groups in total.